The Morgan fingerprint density at radius 1 is 1.60 bits per heavy atom. The van der Waals surface area contributed by atoms with Gasteiger partial charge in [0.1, 0.15) is 12.1 Å². The zero-order chi connectivity index (χ0) is 11.6. The molecule has 0 spiro atoms. The number of β-amino-alcohol motifs (C(OH)–C–C–N with tert-alkyl or cyclic N) is 1. The van der Waals surface area contributed by atoms with Crippen LogP contribution >= 0.6 is 0 Å². The third kappa shape index (κ3) is 2.45. The van der Waals surface area contributed by atoms with Crippen molar-refractivity contribution in [1.29, 1.82) is 0 Å². The number of aliphatic hydroxyl groups excluding tert-OH is 1. The molecule has 0 saturated carbocycles. The molecule has 0 aromatic rings. The van der Waals surface area contributed by atoms with E-state index in [1.165, 1.54) is 12.0 Å². The number of aliphatic hydroxyl groups is 1. The SMILES string of the molecule is COC(C)C(=O)N1CC(O)CC1C(N)=O. The molecular weight excluding hydrogens is 200 g/mol. The number of carbonyl (C=O) groups excluding carboxylic acids is 2. The fourth-order valence-electron chi connectivity index (χ4n) is 1.66. The number of methoxy groups -OCH3 is 1. The number of primary amides is 1. The van der Waals surface area contributed by atoms with Gasteiger partial charge in [0.15, 0.2) is 0 Å². The number of hydrogen-bond acceptors (Lipinski definition) is 4. The molecule has 3 atom stereocenters. The molecule has 3 unspecified atom stereocenters. The molecule has 2 amide bonds. The molecule has 1 rings (SSSR count). The molecule has 1 heterocycles. The van der Waals surface area contributed by atoms with Crippen LogP contribution in [0.1, 0.15) is 13.3 Å². The van der Waals surface area contributed by atoms with Crippen molar-refractivity contribution in [3.8, 4) is 0 Å². The summed E-state index contributed by atoms with van der Waals surface area (Å²) in [5.74, 6) is -0.916. The van der Waals surface area contributed by atoms with E-state index >= 15 is 0 Å². The molecule has 0 radical (unpaired) electrons. The molecule has 15 heavy (non-hydrogen) atoms. The summed E-state index contributed by atoms with van der Waals surface area (Å²) in [6, 6.07) is -0.718. The zero-order valence-electron chi connectivity index (χ0n) is 8.84. The number of nitrogens with zero attached hydrogens (tertiary/aromatic N) is 1. The van der Waals surface area contributed by atoms with E-state index in [9.17, 15) is 14.7 Å². The highest BCUT2D eigenvalue weighted by molar-refractivity contribution is 5.89. The van der Waals surface area contributed by atoms with Crippen LogP contribution in [0.15, 0.2) is 0 Å². The van der Waals surface area contributed by atoms with Crippen LogP contribution in [0.2, 0.25) is 0 Å². The van der Waals surface area contributed by atoms with E-state index in [-0.39, 0.29) is 18.9 Å². The number of nitrogens with two attached hydrogens (primary N) is 1. The number of likely N-dealkylation sites (tertiary alicyclic amines) is 1. The van der Waals surface area contributed by atoms with Crippen molar-refractivity contribution in [2.75, 3.05) is 13.7 Å². The van der Waals surface area contributed by atoms with Crippen molar-refractivity contribution < 1.29 is 19.4 Å². The van der Waals surface area contributed by atoms with Crippen LogP contribution < -0.4 is 5.73 Å². The molecule has 1 aliphatic heterocycles. The highest BCUT2D eigenvalue weighted by Gasteiger charge is 2.39. The van der Waals surface area contributed by atoms with Gasteiger partial charge in [-0.1, -0.05) is 0 Å². The maximum absolute atomic E-state index is 11.7. The second-order valence-electron chi connectivity index (χ2n) is 3.68. The quantitative estimate of drug-likeness (QED) is 0.598. The van der Waals surface area contributed by atoms with Crippen LogP contribution in [0.25, 0.3) is 0 Å². The fourth-order valence-corrected chi connectivity index (χ4v) is 1.66. The van der Waals surface area contributed by atoms with E-state index in [0.29, 0.717) is 0 Å². The predicted octanol–water partition coefficient (Wildman–Crippen LogP) is -1.53. The van der Waals surface area contributed by atoms with Gasteiger partial charge in [-0.2, -0.15) is 0 Å². The lowest BCUT2D eigenvalue weighted by Crippen LogP contribution is -2.47. The summed E-state index contributed by atoms with van der Waals surface area (Å²) in [4.78, 5) is 24.0. The zero-order valence-corrected chi connectivity index (χ0v) is 8.84. The number of carbonyl (C=O) groups is 2. The minimum Gasteiger partial charge on any atom is -0.391 e. The Morgan fingerprint density at radius 2 is 2.20 bits per heavy atom. The van der Waals surface area contributed by atoms with Crippen LogP contribution in [-0.4, -0.2) is 53.7 Å². The van der Waals surface area contributed by atoms with E-state index in [4.69, 9.17) is 10.5 Å². The Bertz CT molecular complexity index is 269. The third-order valence-corrected chi connectivity index (χ3v) is 2.59. The second kappa shape index (κ2) is 4.59. The molecule has 0 aliphatic carbocycles. The second-order valence-corrected chi connectivity index (χ2v) is 3.68. The van der Waals surface area contributed by atoms with Gasteiger partial charge >= 0.3 is 0 Å². The normalized spacial score (nSPS) is 27.8. The van der Waals surface area contributed by atoms with Crippen molar-refractivity contribution in [2.24, 2.45) is 5.73 Å². The lowest BCUT2D eigenvalue weighted by Gasteiger charge is -2.24. The molecular formula is C9H16N2O4. The van der Waals surface area contributed by atoms with E-state index < -0.39 is 24.2 Å². The van der Waals surface area contributed by atoms with Crippen molar-refractivity contribution in [1.82, 2.24) is 4.90 Å². The first-order valence-corrected chi connectivity index (χ1v) is 4.78. The van der Waals surface area contributed by atoms with Gasteiger partial charge in [0.25, 0.3) is 5.91 Å². The number of hydrogen-bond donors (Lipinski definition) is 2. The lowest BCUT2D eigenvalue weighted by molar-refractivity contribution is -0.145. The largest absolute Gasteiger partial charge is 0.391 e. The van der Waals surface area contributed by atoms with Gasteiger partial charge in [0.05, 0.1) is 6.10 Å². The standard InChI is InChI=1S/C9H16N2O4/c1-5(15-2)9(14)11-4-6(12)3-7(11)8(10)13/h5-7,12H,3-4H2,1-2H3,(H2,10,13). The van der Waals surface area contributed by atoms with Crippen molar-refractivity contribution >= 4 is 11.8 Å². The Morgan fingerprint density at radius 3 is 2.67 bits per heavy atom. The molecule has 1 aliphatic rings. The molecule has 0 bridgehead atoms. The highest BCUT2D eigenvalue weighted by Crippen LogP contribution is 2.19. The minimum absolute atomic E-state index is 0.139. The molecule has 6 nitrogen and oxygen atoms in total. The van der Waals surface area contributed by atoms with Crippen LogP contribution in [0, 0.1) is 0 Å². The van der Waals surface area contributed by atoms with Crippen LogP contribution in [0.4, 0.5) is 0 Å². The average molecular weight is 216 g/mol. The molecule has 0 aromatic heterocycles. The van der Waals surface area contributed by atoms with Gasteiger partial charge in [-0.25, -0.2) is 0 Å². The topological polar surface area (TPSA) is 92.9 Å². The summed E-state index contributed by atoms with van der Waals surface area (Å²) in [7, 11) is 1.41. The summed E-state index contributed by atoms with van der Waals surface area (Å²) >= 11 is 0. The third-order valence-electron chi connectivity index (χ3n) is 2.59. The first-order valence-electron chi connectivity index (χ1n) is 4.78. The number of rotatable bonds is 3. The smallest absolute Gasteiger partial charge is 0.252 e. The Hall–Kier alpha value is -1.14. The molecule has 1 saturated heterocycles. The van der Waals surface area contributed by atoms with Gasteiger partial charge in [-0.05, 0) is 6.92 Å². The van der Waals surface area contributed by atoms with Crippen molar-refractivity contribution in [3.05, 3.63) is 0 Å². The Kier molecular flexibility index (Phi) is 3.65. The lowest BCUT2D eigenvalue weighted by atomic mass is 10.2. The van der Waals surface area contributed by atoms with Crippen LogP contribution in [-0.2, 0) is 14.3 Å². The van der Waals surface area contributed by atoms with E-state index in [1.807, 2.05) is 0 Å². The fraction of sp³-hybridized carbons (Fsp3) is 0.778. The first-order chi connectivity index (χ1) is 6.97. The van der Waals surface area contributed by atoms with Gasteiger partial charge < -0.3 is 20.5 Å². The summed E-state index contributed by atoms with van der Waals surface area (Å²) in [5.41, 5.74) is 5.15. The molecule has 0 aromatic carbocycles. The number of ether oxygens (including phenoxy) is 1. The summed E-state index contributed by atoms with van der Waals surface area (Å²) < 4.78 is 4.86. The van der Waals surface area contributed by atoms with Crippen LogP contribution in [0.5, 0.6) is 0 Å². The summed E-state index contributed by atoms with van der Waals surface area (Å²) in [5, 5.41) is 9.38. The molecule has 86 valence electrons. The number of amides is 2. The monoisotopic (exact) mass is 216 g/mol. The van der Waals surface area contributed by atoms with E-state index in [1.54, 1.807) is 6.92 Å². The molecule has 6 heteroatoms. The molecule has 3 N–H and O–H groups in total. The van der Waals surface area contributed by atoms with Gasteiger partial charge in [-0.3, -0.25) is 9.59 Å². The van der Waals surface area contributed by atoms with Gasteiger partial charge in [0.2, 0.25) is 5.91 Å². The molecule has 1 fully saturated rings. The average Bonchev–Trinajstić information content (AvgIpc) is 2.58. The minimum atomic E-state index is -0.718. The van der Waals surface area contributed by atoms with Crippen molar-refractivity contribution in [3.63, 3.8) is 0 Å². The Labute approximate surface area is 88.0 Å². The van der Waals surface area contributed by atoms with E-state index in [0.717, 1.165) is 0 Å². The van der Waals surface area contributed by atoms with Crippen molar-refractivity contribution in [2.45, 2.75) is 31.6 Å². The van der Waals surface area contributed by atoms with E-state index in [2.05, 4.69) is 0 Å². The summed E-state index contributed by atoms with van der Waals surface area (Å²) in [6.07, 6.45) is -1.11. The van der Waals surface area contributed by atoms with Gasteiger partial charge in [-0.15, -0.1) is 0 Å². The highest BCUT2D eigenvalue weighted by atomic mass is 16.5. The maximum Gasteiger partial charge on any atom is 0.252 e. The maximum atomic E-state index is 11.7. The summed E-state index contributed by atoms with van der Waals surface area (Å²) in [6.45, 7) is 1.73. The predicted molar refractivity (Wildman–Crippen MR) is 51.8 cm³/mol. The van der Waals surface area contributed by atoms with Gasteiger partial charge in [0, 0.05) is 20.1 Å². The first kappa shape index (κ1) is 11.9. The van der Waals surface area contributed by atoms with Crippen LogP contribution in [0.3, 0.4) is 0 Å². The Balaban J connectivity index is 2.75.